The molecule has 0 aromatic heterocycles. The van der Waals surface area contributed by atoms with Crippen molar-refractivity contribution in [2.24, 2.45) is 0 Å². The predicted octanol–water partition coefficient (Wildman–Crippen LogP) is 2.69. The molecule has 4 heteroatoms. The first-order valence-electron chi connectivity index (χ1n) is 4.84. The Hall–Kier alpha value is 1.74. The monoisotopic (exact) mass is 348 g/mol. The van der Waals surface area contributed by atoms with Crippen molar-refractivity contribution in [3.05, 3.63) is 0 Å². The van der Waals surface area contributed by atoms with E-state index in [4.69, 9.17) is 0 Å². The topological polar surface area (TPSA) is 0 Å². The molecule has 2 atom stereocenters. The maximum absolute atomic E-state index is 2.17. The summed E-state index contributed by atoms with van der Waals surface area (Å²) in [6.07, 6.45) is 1.55. The van der Waals surface area contributed by atoms with Crippen LogP contribution >= 0.6 is 23.5 Å². The third-order valence-corrected chi connectivity index (χ3v) is 9.99. The van der Waals surface area contributed by atoms with E-state index in [1.54, 1.807) is 27.7 Å². The Morgan fingerprint density at radius 1 is 0.923 bits per heavy atom. The zero-order valence-corrected chi connectivity index (χ0v) is 12.8. The molecule has 2 unspecified atom stereocenters. The number of hydrogen-bond donors (Lipinski definition) is 0. The second-order valence-corrected chi connectivity index (χ2v) is 10.9. The van der Waals surface area contributed by atoms with Crippen molar-refractivity contribution in [3.63, 3.8) is 0 Å². The van der Waals surface area contributed by atoms with Gasteiger partial charge in [-0.05, 0) is 0 Å². The second-order valence-electron chi connectivity index (χ2n) is 3.41. The van der Waals surface area contributed by atoms with Crippen LogP contribution in [0.4, 0.5) is 0 Å². The number of thioether (sulfide) groups is 2. The van der Waals surface area contributed by atoms with E-state index in [9.17, 15) is 0 Å². The number of hydrogen-bond acceptors (Lipinski definition) is 2. The summed E-state index contributed by atoms with van der Waals surface area (Å²) in [5, 5.41) is 8.50. The predicted molar refractivity (Wildman–Crippen MR) is 67.8 cm³/mol. The molecule has 2 fully saturated rings. The van der Waals surface area contributed by atoms with Crippen LogP contribution in [-0.2, 0) is 0 Å². The van der Waals surface area contributed by atoms with E-state index in [0.29, 0.717) is 0 Å². The van der Waals surface area contributed by atoms with E-state index in [0.717, 1.165) is 40.4 Å². The average molecular weight is 346 g/mol. The second kappa shape index (κ2) is 6.35. The van der Waals surface area contributed by atoms with Gasteiger partial charge in [-0.1, -0.05) is 0 Å². The van der Waals surface area contributed by atoms with Gasteiger partial charge in [0.1, 0.15) is 0 Å². The standard InChI is InChI=1S/C9H16S2Se2/c1(2-12-6-8-4-10-8)3-13-7-9-5-11-9/h8-9H,1-7H2. The van der Waals surface area contributed by atoms with Gasteiger partial charge in [0, 0.05) is 0 Å². The molecule has 76 valence electrons. The van der Waals surface area contributed by atoms with Gasteiger partial charge in [0.15, 0.2) is 0 Å². The van der Waals surface area contributed by atoms with Crippen LogP contribution in [0.15, 0.2) is 0 Å². The van der Waals surface area contributed by atoms with E-state index >= 15 is 0 Å². The van der Waals surface area contributed by atoms with Gasteiger partial charge in [-0.15, -0.1) is 0 Å². The Labute approximate surface area is 102 Å². The molecule has 0 aliphatic carbocycles. The zero-order chi connectivity index (χ0) is 8.93. The van der Waals surface area contributed by atoms with Crippen LogP contribution in [0, 0.1) is 0 Å². The van der Waals surface area contributed by atoms with Gasteiger partial charge in [0.25, 0.3) is 0 Å². The number of rotatable bonds is 8. The quantitative estimate of drug-likeness (QED) is 0.377. The third kappa shape index (κ3) is 6.02. The van der Waals surface area contributed by atoms with Gasteiger partial charge in [0.05, 0.1) is 0 Å². The Kier molecular flexibility index (Phi) is 5.49. The van der Waals surface area contributed by atoms with Gasteiger partial charge in [-0.25, -0.2) is 0 Å². The van der Waals surface area contributed by atoms with Crippen LogP contribution in [0.5, 0.6) is 0 Å². The Morgan fingerprint density at radius 2 is 1.38 bits per heavy atom. The fraction of sp³-hybridized carbons (Fsp3) is 1.00. The van der Waals surface area contributed by atoms with Gasteiger partial charge >= 0.3 is 103 Å². The van der Waals surface area contributed by atoms with Crippen LogP contribution < -0.4 is 0 Å². The molecule has 0 aromatic carbocycles. The van der Waals surface area contributed by atoms with E-state index < -0.39 is 0 Å². The summed E-state index contributed by atoms with van der Waals surface area (Å²) in [6, 6.07) is 0. The third-order valence-electron chi connectivity index (χ3n) is 1.99. The molecule has 0 saturated carbocycles. The Bertz CT molecular complexity index is 131. The van der Waals surface area contributed by atoms with E-state index in [1.807, 2.05) is 0 Å². The molecule has 0 spiro atoms. The SMILES string of the molecule is C(C[Se]CC1CS1)C[Se]CC1CS1. The fourth-order valence-electron chi connectivity index (χ4n) is 1.02. The molecule has 2 heterocycles. The Morgan fingerprint density at radius 3 is 1.77 bits per heavy atom. The minimum atomic E-state index is 0.999. The van der Waals surface area contributed by atoms with Crippen LogP contribution in [0.25, 0.3) is 0 Å². The zero-order valence-electron chi connectivity index (χ0n) is 7.74. The van der Waals surface area contributed by atoms with Crippen LogP contribution in [0.2, 0.25) is 21.3 Å². The van der Waals surface area contributed by atoms with E-state index in [1.165, 1.54) is 11.5 Å². The van der Waals surface area contributed by atoms with Crippen molar-refractivity contribution in [3.8, 4) is 0 Å². The average Bonchev–Trinajstić information content (AvgIpc) is 2.99. The molecular weight excluding hydrogens is 330 g/mol. The van der Waals surface area contributed by atoms with Crippen molar-refractivity contribution in [1.82, 2.24) is 0 Å². The maximum atomic E-state index is 2.17. The minimum absolute atomic E-state index is 0.999. The molecular formula is C9H16S2Se2. The van der Waals surface area contributed by atoms with Crippen molar-refractivity contribution in [1.29, 1.82) is 0 Å². The summed E-state index contributed by atoms with van der Waals surface area (Å²) in [6.45, 7) is 0. The summed E-state index contributed by atoms with van der Waals surface area (Å²) in [4.78, 5) is 0. The first kappa shape index (κ1) is 11.2. The molecule has 2 aliphatic heterocycles. The van der Waals surface area contributed by atoms with E-state index in [-0.39, 0.29) is 0 Å². The van der Waals surface area contributed by atoms with Gasteiger partial charge in [0.2, 0.25) is 0 Å². The van der Waals surface area contributed by atoms with Crippen molar-refractivity contribution in [2.75, 3.05) is 11.5 Å². The summed E-state index contributed by atoms with van der Waals surface area (Å²) < 4.78 is 0. The van der Waals surface area contributed by atoms with E-state index in [2.05, 4.69) is 23.5 Å². The molecule has 0 aromatic rings. The fourth-order valence-corrected chi connectivity index (χ4v) is 9.29. The molecule has 2 aliphatic rings. The van der Waals surface area contributed by atoms with Crippen molar-refractivity contribution >= 4 is 53.4 Å². The molecule has 0 N–H and O–H groups in total. The van der Waals surface area contributed by atoms with Crippen LogP contribution in [0.1, 0.15) is 6.42 Å². The molecule has 0 bridgehead atoms. The molecule has 2 saturated heterocycles. The Balaban J connectivity index is 1.28. The summed E-state index contributed by atoms with van der Waals surface area (Å²) >= 11 is 6.33. The summed E-state index contributed by atoms with van der Waals surface area (Å²) in [5.41, 5.74) is 0. The van der Waals surface area contributed by atoms with Crippen LogP contribution in [-0.4, -0.2) is 51.9 Å². The molecule has 0 radical (unpaired) electrons. The first-order valence-corrected chi connectivity index (χ1v) is 11.8. The van der Waals surface area contributed by atoms with Crippen molar-refractivity contribution < 1.29 is 0 Å². The summed E-state index contributed by atoms with van der Waals surface area (Å²) in [5.74, 6) is 2.95. The first-order chi connectivity index (χ1) is 6.45. The van der Waals surface area contributed by atoms with Crippen LogP contribution in [0.3, 0.4) is 0 Å². The molecule has 0 amide bonds. The summed E-state index contributed by atoms with van der Waals surface area (Å²) in [7, 11) is 0. The van der Waals surface area contributed by atoms with Gasteiger partial charge in [-0.2, -0.15) is 0 Å². The van der Waals surface area contributed by atoms with Gasteiger partial charge < -0.3 is 0 Å². The molecule has 0 nitrogen and oxygen atoms in total. The van der Waals surface area contributed by atoms with Gasteiger partial charge in [-0.3, -0.25) is 0 Å². The molecule has 2 rings (SSSR count). The van der Waals surface area contributed by atoms with Crippen molar-refractivity contribution in [2.45, 2.75) is 38.2 Å². The molecule has 13 heavy (non-hydrogen) atoms. The normalized spacial score (nSPS) is 30.5.